The molecule has 0 saturated carbocycles. The largest absolute Gasteiger partial charge is 0.480 e. The van der Waals surface area contributed by atoms with Crippen molar-refractivity contribution >= 4 is 34.6 Å². The third-order valence-electron chi connectivity index (χ3n) is 6.29. The topological polar surface area (TPSA) is 192 Å². The Labute approximate surface area is 210 Å². The van der Waals surface area contributed by atoms with Crippen LogP contribution in [0.2, 0.25) is 0 Å². The van der Waals surface area contributed by atoms with E-state index in [1.165, 1.54) is 0 Å². The Morgan fingerprint density at radius 1 is 1.03 bits per heavy atom. The standard InChI is InChI=1S/C25H38N6O5/c1-3-15(2)22(27)25(36)30-19(10-6-7-11-26)24(35)31-20(23(34)29-14-21(32)33)12-16-13-28-18-9-5-4-8-17(16)18/h4-5,8-9,13,15,19-20,22,28H,3,6-7,10-12,14,26-27H2,1-2H3,(H,29,34)(H,30,36)(H,31,35)(H,32,33). The van der Waals surface area contributed by atoms with Crippen molar-refractivity contribution in [2.45, 2.75) is 64.1 Å². The van der Waals surface area contributed by atoms with Crippen LogP contribution < -0.4 is 27.4 Å². The number of fused-ring (bicyclic) bond motifs is 1. The minimum absolute atomic E-state index is 0.0748. The van der Waals surface area contributed by atoms with Gasteiger partial charge >= 0.3 is 5.97 Å². The molecule has 4 unspecified atom stereocenters. The summed E-state index contributed by atoms with van der Waals surface area (Å²) in [5.41, 5.74) is 13.3. The first-order valence-electron chi connectivity index (χ1n) is 12.3. The second kappa shape index (κ2) is 14.2. The number of unbranched alkanes of at least 4 members (excludes halogenated alkanes) is 1. The number of amides is 3. The molecule has 9 N–H and O–H groups in total. The van der Waals surface area contributed by atoms with Crippen molar-refractivity contribution in [3.63, 3.8) is 0 Å². The molecule has 0 saturated heterocycles. The number of hydrogen-bond acceptors (Lipinski definition) is 6. The summed E-state index contributed by atoms with van der Waals surface area (Å²) in [6.45, 7) is 3.64. The molecule has 0 aliphatic carbocycles. The third kappa shape index (κ3) is 8.35. The van der Waals surface area contributed by atoms with Crippen LogP contribution in [0.3, 0.4) is 0 Å². The number of nitrogens with one attached hydrogen (secondary N) is 4. The molecule has 2 aromatic rings. The van der Waals surface area contributed by atoms with E-state index in [0.29, 0.717) is 32.2 Å². The van der Waals surface area contributed by atoms with Gasteiger partial charge < -0.3 is 37.5 Å². The summed E-state index contributed by atoms with van der Waals surface area (Å²) in [6.07, 6.45) is 4.14. The van der Waals surface area contributed by atoms with Crippen molar-refractivity contribution in [2.75, 3.05) is 13.1 Å². The van der Waals surface area contributed by atoms with Crippen LogP contribution in [0.25, 0.3) is 10.9 Å². The smallest absolute Gasteiger partial charge is 0.322 e. The fourth-order valence-electron chi connectivity index (χ4n) is 3.83. The van der Waals surface area contributed by atoms with Gasteiger partial charge in [0.2, 0.25) is 17.7 Å². The Balaban J connectivity index is 2.23. The molecular formula is C25H38N6O5. The fourth-order valence-corrected chi connectivity index (χ4v) is 3.83. The first kappa shape index (κ1) is 28.8. The number of aliphatic carboxylic acids is 1. The molecule has 3 amide bonds. The number of hydrogen-bond donors (Lipinski definition) is 7. The number of rotatable bonds is 15. The molecule has 0 aliphatic rings. The number of aromatic nitrogens is 1. The van der Waals surface area contributed by atoms with Gasteiger partial charge in [-0.15, -0.1) is 0 Å². The Morgan fingerprint density at radius 3 is 2.39 bits per heavy atom. The molecule has 1 heterocycles. The second-order valence-electron chi connectivity index (χ2n) is 8.99. The van der Waals surface area contributed by atoms with Crippen molar-refractivity contribution in [3.05, 3.63) is 36.0 Å². The summed E-state index contributed by atoms with van der Waals surface area (Å²) in [5, 5.41) is 17.6. The van der Waals surface area contributed by atoms with Crippen LogP contribution in [0.4, 0.5) is 0 Å². The Hall–Kier alpha value is -3.44. The van der Waals surface area contributed by atoms with E-state index in [1.807, 2.05) is 38.1 Å². The van der Waals surface area contributed by atoms with E-state index >= 15 is 0 Å². The Bertz CT molecular complexity index is 1040. The predicted molar refractivity (Wildman–Crippen MR) is 137 cm³/mol. The first-order valence-corrected chi connectivity index (χ1v) is 12.3. The van der Waals surface area contributed by atoms with Gasteiger partial charge in [0.15, 0.2) is 0 Å². The third-order valence-corrected chi connectivity index (χ3v) is 6.29. The molecule has 1 aromatic carbocycles. The minimum Gasteiger partial charge on any atom is -0.480 e. The van der Waals surface area contributed by atoms with Crippen molar-refractivity contribution < 1.29 is 24.3 Å². The number of carbonyl (C=O) groups excluding carboxylic acids is 3. The number of benzene rings is 1. The van der Waals surface area contributed by atoms with Crippen LogP contribution in [0.5, 0.6) is 0 Å². The van der Waals surface area contributed by atoms with Gasteiger partial charge in [-0.3, -0.25) is 19.2 Å². The number of carboxylic acids is 1. The van der Waals surface area contributed by atoms with Crippen LogP contribution >= 0.6 is 0 Å². The molecule has 0 bridgehead atoms. The normalized spacial score (nSPS) is 14.4. The van der Waals surface area contributed by atoms with E-state index in [2.05, 4.69) is 20.9 Å². The van der Waals surface area contributed by atoms with Crippen LogP contribution in [-0.4, -0.2) is 65.0 Å². The maximum absolute atomic E-state index is 13.3. The molecule has 198 valence electrons. The zero-order valence-corrected chi connectivity index (χ0v) is 20.9. The van der Waals surface area contributed by atoms with E-state index < -0.39 is 48.4 Å². The highest BCUT2D eigenvalue weighted by atomic mass is 16.4. The molecule has 1 aromatic heterocycles. The van der Waals surface area contributed by atoms with E-state index in [0.717, 1.165) is 16.5 Å². The molecule has 11 nitrogen and oxygen atoms in total. The molecule has 4 atom stereocenters. The lowest BCUT2D eigenvalue weighted by Crippen LogP contribution is -2.57. The molecule has 0 aliphatic heterocycles. The summed E-state index contributed by atoms with van der Waals surface area (Å²) in [5.74, 6) is -2.91. The minimum atomic E-state index is -1.20. The van der Waals surface area contributed by atoms with E-state index in [1.54, 1.807) is 6.20 Å². The summed E-state index contributed by atoms with van der Waals surface area (Å²) < 4.78 is 0. The van der Waals surface area contributed by atoms with Crippen molar-refractivity contribution in [2.24, 2.45) is 17.4 Å². The van der Waals surface area contributed by atoms with Gasteiger partial charge in [-0.1, -0.05) is 38.5 Å². The maximum atomic E-state index is 13.3. The molecule has 0 radical (unpaired) electrons. The number of carbonyl (C=O) groups is 4. The Morgan fingerprint density at radius 2 is 1.72 bits per heavy atom. The molecule has 0 spiro atoms. The monoisotopic (exact) mass is 502 g/mol. The zero-order valence-electron chi connectivity index (χ0n) is 20.9. The lowest BCUT2D eigenvalue weighted by atomic mass is 9.98. The molecule has 0 fully saturated rings. The quantitative estimate of drug-likeness (QED) is 0.171. The SMILES string of the molecule is CCC(C)C(N)C(=O)NC(CCCCN)C(=O)NC(Cc1c[nH]c2ccccc12)C(=O)NCC(=O)O. The maximum Gasteiger partial charge on any atom is 0.322 e. The average molecular weight is 503 g/mol. The number of H-pyrrole nitrogens is 1. The second-order valence-corrected chi connectivity index (χ2v) is 8.99. The summed E-state index contributed by atoms with van der Waals surface area (Å²) in [4.78, 5) is 53.0. The van der Waals surface area contributed by atoms with Crippen molar-refractivity contribution in [1.82, 2.24) is 20.9 Å². The summed E-state index contributed by atoms with van der Waals surface area (Å²) in [6, 6.07) is 4.76. The number of nitrogens with two attached hydrogens (primary N) is 2. The number of aromatic amines is 1. The Kier molecular flexibility index (Phi) is 11.4. The summed E-state index contributed by atoms with van der Waals surface area (Å²) in [7, 11) is 0. The van der Waals surface area contributed by atoms with E-state index in [-0.39, 0.29) is 12.3 Å². The van der Waals surface area contributed by atoms with Crippen LogP contribution in [0.15, 0.2) is 30.5 Å². The first-order chi connectivity index (χ1) is 17.2. The molecule has 11 heteroatoms. The fraction of sp³-hybridized carbons (Fsp3) is 0.520. The highest BCUT2D eigenvalue weighted by Gasteiger charge is 2.29. The van der Waals surface area contributed by atoms with Crippen LogP contribution in [0.1, 0.15) is 45.1 Å². The highest BCUT2D eigenvalue weighted by molar-refractivity contribution is 5.94. The van der Waals surface area contributed by atoms with Gasteiger partial charge in [-0.2, -0.15) is 0 Å². The van der Waals surface area contributed by atoms with Crippen LogP contribution in [0, 0.1) is 5.92 Å². The van der Waals surface area contributed by atoms with Crippen LogP contribution in [-0.2, 0) is 25.6 Å². The number of carboxylic acid groups (broad SMARTS) is 1. The van der Waals surface area contributed by atoms with Crippen molar-refractivity contribution in [1.29, 1.82) is 0 Å². The molecule has 2 rings (SSSR count). The lowest BCUT2D eigenvalue weighted by molar-refractivity contribution is -0.138. The number of para-hydroxylation sites is 1. The van der Waals surface area contributed by atoms with E-state index in [9.17, 15) is 19.2 Å². The van der Waals surface area contributed by atoms with Crippen molar-refractivity contribution in [3.8, 4) is 0 Å². The summed E-state index contributed by atoms with van der Waals surface area (Å²) >= 11 is 0. The van der Waals surface area contributed by atoms with Gasteiger partial charge in [-0.05, 0) is 43.4 Å². The van der Waals surface area contributed by atoms with Gasteiger partial charge in [0.25, 0.3) is 0 Å². The predicted octanol–water partition coefficient (Wildman–Crippen LogP) is 0.383. The lowest BCUT2D eigenvalue weighted by Gasteiger charge is -2.25. The van der Waals surface area contributed by atoms with Gasteiger partial charge in [-0.25, -0.2) is 0 Å². The highest BCUT2D eigenvalue weighted by Crippen LogP contribution is 2.19. The molecule has 36 heavy (non-hydrogen) atoms. The average Bonchev–Trinajstić information content (AvgIpc) is 3.27. The zero-order chi connectivity index (χ0) is 26.7. The molecular weight excluding hydrogens is 464 g/mol. The van der Waals surface area contributed by atoms with Gasteiger partial charge in [0, 0.05) is 23.5 Å². The van der Waals surface area contributed by atoms with E-state index in [4.69, 9.17) is 16.6 Å². The van der Waals surface area contributed by atoms with Gasteiger partial charge in [0.05, 0.1) is 6.04 Å². The van der Waals surface area contributed by atoms with Gasteiger partial charge in [0.1, 0.15) is 18.6 Å².